The van der Waals surface area contributed by atoms with Crippen molar-refractivity contribution in [1.82, 2.24) is 4.90 Å². The Hall–Kier alpha value is -1.83. The van der Waals surface area contributed by atoms with Crippen LogP contribution in [0.4, 0.5) is 0 Å². The van der Waals surface area contributed by atoms with Gasteiger partial charge in [-0.2, -0.15) is 0 Å². The number of carbonyl (C=O) groups is 2. The maximum Gasteiger partial charge on any atom is 0.414 e. The molecule has 1 aromatic carbocycles. The Morgan fingerprint density at radius 3 is 2.25 bits per heavy atom. The van der Waals surface area contributed by atoms with E-state index in [1.165, 1.54) is 0 Å². The lowest BCUT2D eigenvalue weighted by atomic mass is 10.1. The Balaban J connectivity index is 0.000000754. The number of aliphatic carboxylic acids is 2. The first-order valence-corrected chi connectivity index (χ1v) is 7.75. The normalized spacial score (nSPS) is 10.0. The van der Waals surface area contributed by atoms with E-state index in [1.807, 2.05) is 32.3 Å². The van der Waals surface area contributed by atoms with Gasteiger partial charge in [-0.25, -0.2) is 9.59 Å². The molecule has 0 aliphatic carbocycles. The molecule has 0 radical (unpaired) electrons. The summed E-state index contributed by atoms with van der Waals surface area (Å²) in [6.07, 6.45) is 0.912. The molecule has 8 heteroatoms. The molecule has 0 aromatic heterocycles. The first-order chi connectivity index (χ1) is 11.3. The second kappa shape index (κ2) is 12.6. The van der Waals surface area contributed by atoms with Crippen LogP contribution in [0, 0.1) is 0 Å². The van der Waals surface area contributed by atoms with Gasteiger partial charge in [0.05, 0.1) is 13.2 Å². The van der Waals surface area contributed by atoms with Crippen LogP contribution < -0.4 is 4.74 Å². The van der Waals surface area contributed by atoms with Crippen LogP contribution >= 0.6 is 11.6 Å². The smallest absolute Gasteiger partial charge is 0.414 e. The van der Waals surface area contributed by atoms with E-state index in [9.17, 15) is 0 Å². The van der Waals surface area contributed by atoms with Gasteiger partial charge in [-0.15, -0.1) is 0 Å². The van der Waals surface area contributed by atoms with Crippen molar-refractivity contribution in [1.29, 1.82) is 0 Å². The molecule has 0 fully saturated rings. The van der Waals surface area contributed by atoms with E-state index in [-0.39, 0.29) is 0 Å². The number of hydrogen-bond donors (Lipinski definition) is 2. The van der Waals surface area contributed by atoms with E-state index < -0.39 is 11.9 Å². The molecule has 0 heterocycles. The number of carboxylic acids is 2. The molecule has 0 atom stereocenters. The van der Waals surface area contributed by atoms with Crippen LogP contribution in [0.3, 0.4) is 0 Å². The van der Waals surface area contributed by atoms with Gasteiger partial charge >= 0.3 is 11.9 Å². The standard InChI is InChI=1S/C14H22ClNO2.C2H2O4/c1-4-12-11-13(5-6-14(12)15)18-10-9-17-8-7-16(2)3;3-1(4)2(5)6/h5-6,11H,4,7-10H2,1-3H3;(H,3,4)(H,5,6). The van der Waals surface area contributed by atoms with Crippen molar-refractivity contribution in [3.8, 4) is 5.75 Å². The Morgan fingerprint density at radius 2 is 1.75 bits per heavy atom. The number of aryl methyl sites for hydroxylation is 1. The van der Waals surface area contributed by atoms with E-state index in [0.29, 0.717) is 13.2 Å². The number of carboxylic acid groups (broad SMARTS) is 2. The number of rotatable bonds is 8. The second-order valence-corrected chi connectivity index (χ2v) is 5.39. The van der Waals surface area contributed by atoms with Crippen LogP contribution in [0.25, 0.3) is 0 Å². The summed E-state index contributed by atoms with van der Waals surface area (Å²) in [6, 6.07) is 5.76. The van der Waals surface area contributed by atoms with Crippen molar-refractivity contribution >= 4 is 23.5 Å². The molecule has 136 valence electrons. The third kappa shape index (κ3) is 10.8. The fourth-order valence-electron chi connectivity index (χ4n) is 1.48. The summed E-state index contributed by atoms with van der Waals surface area (Å²) in [5, 5.41) is 15.6. The Kier molecular flexibility index (Phi) is 11.6. The van der Waals surface area contributed by atoms with E-state index in [0.717, 1.165) is 35.9 Å². The van der Waals surface area contributed by atoms with Gasteiger partial charge in [-0.1, -0.05) is 18.5 Å². The first-order valence-electron chi connectivity index (χ1n) is 7.37. The topological polar surface area (TPSA) is 96.3 Å². The largest absolute Gasteiger partial charge is 0.491 e. The molecule has 0 aliphatic heterocycles. The summed E-state index contributed by atoms with van der Waals surface area (Å²) in [5.74, 6) is -2.79. The molecule has 1 rings (SSSR count). The highest BCUT2D eigenvalue weighted by molar-refractivity contribution is 6.31. The first kappa shape index (κ1) is 22.2. The lowest BCUT2D eigenvalue weighted by molar-refractivity contribution is -0.159. The lowest BCUT2D eigenvalue weighted by Crippen LogP contribution is -2.19. The number of benzene rings is 1. The molecular formula is C16H24ClNO6. The van der Waals surface area contributed by atoms with E-state index in [4.69, 9.17) is 40.9 Å². The molecule has 2 N–H and O–H groups in total. The van der Waals surface area contributed by atoms with Gasteiger partial charge in [0.1, 0.15) is 12.4 Å². The quantitative estimate of drug-likeness (QED) is 0.540. The zero-order valence-electron chi connectivity index (χ0n) is 14.1. The predicted molar refractivity (Wildman–Crippen MR) is 91.0 cm³/mol. The van der Waals surface area contributed by atoms with Crippen molar-refractivity contribution in [2.75, 3.05) is 40.5 Å². The van der Waals surface area contributed by atoms with Crippen LogP contribution in [0.2, 0.25) is 5.02 Å². The minimum Gasteiger partial charge on any atom is -0.491 e. The zero-order chi connectivity index (χ0) is 18.5. The van der Waals surface area contributed by atoms with Gasteiger partial charge in [0.2, 0.25) is 0 Å². The van der Waals surface area contributed by atoms with Crippen molar-refractivity contribution < 1.29 is 29.3 Å². The summed E-state index contributed by atoms with van der Waals surface area (Å²) in [7, 11) is 4.06. The summed E-state index contributed by atoms with van der Waals surface area (Å²) in [6.45, 7) is 4.92. The van der Waals surface area contributed by atoms with Crippen molar-refractivity contribution in [3.05, 3.63) is 28.8 Å². The predicted octanol–water partition coefficient (Wildman–Crippen LogP) is 2.02. The molecule has 1 aromatic rings. The number of hydrogen-bond acceptors (Lipinski definition) is 5. The van der Waals surface area contributed by atoms with Gasteiger partial charge in [0.15, 0.2) is 0 Å². The number of nitrogens with zero attached hydrogens (tertiary/aromatic N) is 1. The average Bonchev–Trinajstić information content (AvgIpc) is 2.52. The van der Waals surface area contributed by atoms with Gasteiger partial charge in [-0.3, -0.25) is 0 Å². The van der Waals surface area contributed by atoms with Crippen LogP contribution in [0.15, 0.2) is 18.2 Å². The minimum atomic E-state index is -1.82. The van der Waals surface area contributed by atoms with E-state index >= 15 is 0 Å². The number of likely N-dealkylation sites (N-methyl/N-ethyl adjacent to an activating group) is 1. The Labute approximate surface area is 146 Å². The molecule has 0 aliphatic rings. The van der Waals surface area contributed by atoms with Crippen molar-refractivity contribution in [2.24, 2.45) is 0 Å². The van der Waals surface area contributed by atoms with Crippen LogP contribution in [-0.2, 0) is 20.7 Å². The highest BCUT2D eigenvalue weighted by Crippen LogP contribution is 2.22. The lowest BCUT2D eigenvalue weighted by Gasteiger charge is -2.11. The SMILES string of the molecule is CCc1cc(OCCOCCN(C)C)ccc1Cl.O=C(O)C(=O)O. The summed E-state index contributed by atoms with van der Waals surface area (Å²) < 4.78 is 11.1. The molecule has 7 nitrogen and oxygen atoms in total. The monoisotopic (exact) mass is 361 g/mol. The molecular weight excluding hydrogens is 338 g/mol. The fourth-order valence-corrected chi connectivity index (χ4v) is 1.73. The molecule has 0 saturated carbocycles. The highest BCUT2D eigenvalue weighted by atomic mass is 35.5. The second-order valence-electron chi connectivity index (χ2n) is 4.98. The van der Waals surface area contributed by atoms with E-state index in [2.05, 4.69) is 11.8 Å². The third-order valence-electron chi connectivity index (χ3n) is 2.76. The number of ether oxygens (including phenoxy) is 2. The maximum atomic E-state index is 9.10. The summed E-state index contributed by atoms with van der Waals surface area (Å²) >= 11 is 6.04. The average molecular weight is 362 g/mol. The molecule has 24 heavy (non-hydrogen) atoms. The molecule has 0 unspecified atom stereocenters. The van der Waals surface area contributed by atoms with E-state index in [1.54, 1.807) is 0 Å². The molecule has 0 spiro atoms. The Morgan fingerprint density at radius 1 is 1.12 bits per heavy atom. The summed E-state index contributed by atoms with van der Waals surface area (Å²) in [5.41, 5.74) is 1.11. The zero-order valence-corrected chi connectivity index (χ0v) is 14.9. The highest BCUT2D eigenvalue weighted by Gasteiger charge is 2.04. The van der Waals surface area contributed by atoms with Gasteiger partial charge in [-0.05, 0) is 44.3 Å². The van der Waals surface area contributed by atoms with Crippen LogP contribution in [0.5, 0.6) is 5.75 Å². The van der Waals surface area contributed by atoms with Crippen LogP contribution in [0.1, 0.15) is 12.5 Å². The molecule has 0 amide bonds. The Bertz CT molecular complexity index is 509. The van der Waals surface area contributed by atoms with Gasteiger partial charge in [0.25, 0.3) is 0 Å². The van der Waals surface area contributed by atoms with Crippen LogP contribution in [-0.4, -0.2) is 67.5 Å². The third-order valence-corrected chi connectivity index (χ3v) is 3.13. The maximum absolute atomic E-state index is 9.10. The molecule has 0 saturated heterocycles. The molecule has 0 bridgehead atoms. The van der Waals surface area contributed by atoms with Gasteiger partial charge < -0.3 is 24.6 Å². The van der Waals surface area contributed by atoms with Gasteiger partial charge in [0, 0.05) is 11.6 Å². The van der Waals surface area contributed by atoms with Crippen molar-refractivity contribution in [2.45, 2.75) is 13.3 Å². The minimum absolute atomic E-state index is 0.568. The fraction of sp³-hybridized carbons (Fsp3) is 0.500. The summed E-state index contributed by atoms with van der Waals surface area (Å²) in [4.78, 5) is 20.3. The number of halogens is 1. The van der Waals surface area contributed by atoms with Crippen molar-refractivity contribution in [3.63, 3.8) is 0 Å².